The molecule has 0 spiro atoms. The molecule has 3 nitrogen and oxygen atoms in total. The normalized spacial score (nSPS) is 17.9. The van der Waals surface area contributed by atoms with Crippen LogP contribution in [0, 0.1) is 0 Å². The predicted octanol–water partition coefficient (Wildman–Crippen LogP) is 2.44. The highest BCUT2D eigenvalue weighted by Crippen LogP contribution is 2.37. The highest BCUT2D eigenvalue weighted by molar-refractivity contribution is 5.85. The summed E-state index contributed by atoms with van der Waals surface area (Å²) in [6.07, 6.45) is 2.27. The standard InChI is InChI=1S/C16H22N2O/c1-12(2)17-9-16(10-19-11-16)14-8-18(3)15-7-5-4-6-13(14)15/h4-8,12,17H,9-11H2,1-3H3. The zero-order valence-electron chi connectivity index (χ0n) is 11.9. The van der Waals surface area contributed by atoms with Crippen molar-refractivity contribution >= 4 is 10.9 Å². The van der Waals surface area contributed by atoms with E-state index >= 15 is 0 Å². The molecule has 0 atom stereocenters. The molecule has 1 fully saturated rings. The van der Waals surface area contributed by atoms with Gasteiger partial charge in [0.05, 0.1) is 18.6 Å². The largest absolute Gasteiger partial charge is 0.379 e. The molecule has 1 aromatic heterocycles. The summed E-state index contributed by atoms with van der Waals surface area (Å²) in [5.41, 5.74) is 2.86. The quantitative estimate of drug-likeness (QED) is 0.911. The van der Waals surface area contributed by atoms with Gasteiger partial charge in [-0.1, -0.05) is 32.0 Å². The summed E-state index contributed by atoms with van der Waals surface area (Å²) >= 11 is 0. The van der Waals surface area contributed by atoms with Crippen molar-refractivity contribution in [3.8, 4) is 0 Å². The molecule has 1 N–H and O–H groups in total. The lowest BCUT2D eigenvalue weighted by molar-refractivity contribution is -0.0590. The van der Waals surface area contributed by atoms with Crippen LogP contribution in [0.4, 0.5) is 0 Å². The van der Waals surface area contributed by atoms with Crippen LogP contribution in [0.2, 0.25) is 0 Å². The summed E-state index contributed by atoms with van der Waals surface area (Å²) in [6.45, 7) is 7.01. The predicted molar refractivity (Wildman–Crippen MR) is 78.6 cm³/mol. The van der Waals surface area contributed by atoms with Gasteiger partial charge in [-0.15, -0.1) is 0 Å². The van der Waals surface area contributed by atoms with Gasteiger partial charge in [0.15, 0.2) is 0 Å². The average Bonchev–Trinajstić information content (AvgIpc) is 2.67. The topological polar surface area (TPSA) is 26.2 Å². The minimum atomic E-state index is 0.144. The fraction of sp³-hybridized carbons (Fsp3) is 0.500. The minimum absolute atomic E-state index is 0.144. The van der Waals surface area contributed by atoms with Crippen molar-refractivity contribution in [1.82, 2.24) is 9.88 Å². The number of fused-ring (bicyclic) bond motifs is 1. The van der Waals surface area contributed by atoms with Gasteiger partial charge >= 0.3 is 0 Å². The van der Waals surface area contributed by atoms with Crippen LogP contribution in [-0.4, -0.2) is 30.4 Å². The molecule has 0 unspecified atom stereocenters. The van der Waals surface area contributed by atoms with Gasteiger partial charge in [0.2, 0.25) is 0 Å². The third-order valence-corrected chi connectivity index (χ3v) is 4.07. The number of rotatable bonds is 4. The monoisotopic (exact) mass is 258 g/mol. The Kier molecular flexibility index (Phi) is 3.11. The van der Waals surface area contributed by atoms with Gasteiger partial charge in [-0.25, -0.2) is 0 Å². The van der Waals surface area contributed by atoms with E-state index in [0.29, 0.717) is 6.04 Å². The van der Waals surface area contributed by atoms with E-state index in [4.69, 9.17) is 4.74 Å². The molecule has 19 heavy (non-hydrogen) atoms. The summed E-state index contributed by atoms with van der Waals surface area (Å²) < 4.78 is 7.76. The van der Waals surface area contributed by atoms with E-state index < -0.39 is 0 Å². The molecule has 0 radical (unpaired) electrons. The van der Waals surface area contributed by atoms with E-state index in [9.17, 15) is 0 Å². The Morgan fingerprint density at radius 2 is 2.05 bits per heavy atom. The SMILES string of the molecule is CC(C)NCC1(c2cn(C)c3ccccc23)COC1. The Balaban J connectivity index is 2.02. The number of nitrogens with one attached hydrogen (secondary N) is 1. The third kappa shape index (κ3) is 2.07. The molecule has 0 aliphatic carbocycles. The van der Waals surface area contributed by atoms with Crippen molar-refractivity contribution in [2.75, 3.05) is 19.8 Å². The first-order chi connectivity index (χ1) is 9.12. The lowest BCUT2D eigenvalue weighted by Crippen LogP contribution is -2.54. The van der Waals surface area contributed by atoms with Crippen LogP contribution < -0.4 is 5.32 Å². The fourth-order valence-electron chi connectivity index (χ4n) is 2.87. The van der Waals surface area contributed by atoms with E-state index in [2.05, 4.69) is 61.2 Å². The first-order valence-electron chi connectivity index (χ1n) is 6.98. The van der Waals surface area contributed by atoms with Crippen LogP contribution >= 0.6 is 0 Å². The maximum atomic E-state index is 5.53. The van der Waals surface area contributed by atoms with Crippen molar-refractivity contribution in [1.29, 1.82) is 0 Å². The molecule has 0 amide bonds. The first-order valence-corrected chi connectivity index (χ1v) is 6.98. The smallest absolute Gasteiger partial charge is 0.0598 e. The molecular formula is C16H22N2O. The van der Waals surface area contributed by atoms with E-state index in [0.717, 1.165) is 19.8 Å². The molecule has 1 aliphatic heterocycles. The molecule has 2 heterocycles. The second-order valence-corrected chi connectivity index (χ2v) is 5.98. The Labute approximate surface area is 114 Å². The van der Waals surface area contributed by atoms with Crippen LogP contribution in [0.25, 0.3) is 10.9 Å². The Bertz CT molecular complexity index is 581. The summed E-state index contributed by atoms with van der Waals surface area (Å²) in [5.74, 6) is 0. The van der Waals surface area contributed by atoms with Crippen LogP contribution in [0.15, 0.2) is 30.5 Å². The molecule has 1 saturated heterocycles. The molecule has 1 aromatic carbocycles. The van der Waals surface area contributed by atoms with Gasteiger partial charge in [-0.3, -0.25) is 0 Å². The summed E-state index contributed by atoms with van der Waals surface area (Å²) in [5, 5.41) is 4.93. The number of aryl methyl sites for hydroxylation is 1. The Hall–Kier alpha value is -1.32. The van der Waals surface area contributed by atoms with Gasteiger partial charge in [0, 0.05) is 36.7 Å². The molecule has 0 saturated carbocycles. The van der Waals surface area contributed by atoms with Gasteiger partial charge in [-0.2, -0.15) is 0 Å². The van der Waals surface area contributed by atoms with Crippen molar-refractivity contribution in [2.45, 2.75) is 25.3 Å². The number of hydrogen-bond acceptors (Lipinski definition) is 2. The van der Waals surface area contributed by atoms with Crippen LogP contribution in [0.1, 0.15) is 19.4 Å². The molecule has 1 aliphatic rings. The van der Waals surface area contributed by atoms with Crippen molar-refractivity contribution in [3.05, 3.63) is 36.0 Å². The second kappa shape index (κ2) is 4.66. The second-order valence-electron chi connectivity index (χ2n) is 5.98. The zero-order valence-corrected chi connectivity index (χ0v) is 11.9. The number of ether oxygens (including phenoxy) is 1. The summed E-state index contributed by atoms with van der Waals surface area (Å²) in [7, 11) is 2.12. The van der Waals surface area contributed by atoms with Gasteiger partial charge in [0.25, 0.3) is 0 Å². The summed E-state index contributed by atoms with van der Waals surface area (Å²) in [6, 6.07) is 9.13. The van der Waals surface area contributed by atoms with Gasteiger partial charge in [0.1, 0.15) is 0 Å². The van der Waals surface area contributed by atoms with Crippen molar-refractivity contribution in [3.63, 3.8) is 0 Å². The minimum Gasteiger partial charge on any atom is -0.379 e. The molecule has 2 aromatic rings. The van der Waals surface area contributed by atoms with Crippen LogP contribution in [0.5, 0.6) is 0 Å². The number of nitrogens with zero attached hydrogens (tertiary/aromatic N) is 1. The lowest BCUT2D eigenvalue weighted by atomic mass is 9.78. The summed E-state index contributed by atoms with van der Waals surface area (Å²) in [4.78, 5) is 0. The average molecular weight is 258 g/mol. The van der Waals surface area contributed by atoms with E-state index in [1.807, 2.05) is 0 Å². The Morgan fingerprint density at radius 3 is 2.68 bits per heavy atom. The molecule has 0 bridgehead atoms. The van der Waals surface area contributed by atoms with E-state index in [1.165, 1.54) is 16.5 Å². The fourth-order valence-corrected chi connectivity index (χ4v) is 2.87. The van der Waals surface area contributed by atoms with E-state index in [-0.39, 0.29) is 5.41 Å². The van der Waals surface area contributed by atoms with Gasteiger partial charge in [-0.05, 0) is 11.6 Å². The first kappa shape index (κ1) is 12.7. The van der Waals surface area contributed by atoms with Crippen molar-refractivity contribution in [2.24, 2.45) is 7.05 Å². The maximum Gasteiger partial charge on any atom is 0.0598 e. The number of hydrogen-bond donors (Lipinski definition) is 1. The number of para-hydroxylation sites is 1. The molecule has 3 rings (SSSR count). The number of benzene rings is 1. The van der Waals surface area contributed by atoms with E-state index in [1.54, 1.807) is 0 Å². The highest BCUT2D eigenvalue weighted by Gasteiger charge is 2.42. The van der Waals surface area contributed by atoms with Crippen molar-refractivity contribution < 1.29 is 4.74 Å². The molecule has 102 valence electrons. The van der Waals surface area contributed by atoms with Gasteiger partial charge < -0.3 is 14.6 Å². The molecular weight excluding hydrogens is 236 g/mol. The zero-order chi connectivity index (χ0) is 13.5. The lowest BCUT2D eigenvalue weighted by Gasteiger charge is -2.42. The van der Waals surface area contributed by atoms with Crippen LogP contribution in [-0.2, 0) is 17.2 Å². The van der Waals surface area contributed by atoms with Crippen LogP contribution in [0.3, 0.4) is 0 Å². The highest BCUT2D eigenvalue weighted by atomic mass is 16.5. The molecule has 3 heteroatoms. The maximum absolute atomic E-state index is 5.53. The number of aromatic nitrogens is 1. The Morgan fingerprint density at radius 1 is 1.32 bits per heavy atom. The third-order valence-electron chi connectivity index (χ3n) is 4.07.